The van der Waals surface area contributed by atoms with Crippen LogP contribution in [0.1, 0.15) is 24.4 Å². The molecule has 182 valence electrons. The molecular formula is C22H21F3N8OS. The molecule has 0 radical (unpaired) electrons. The summed E-state index contributed by atoms with van der Waals surface area (Å²) >= 11 is 1.23. The first-order valence-corrected chi connectivity index (χ1v) is 11.9. The third-order valence-electron chi connectivity index (χ3n) is 6.18. The van der Waals surface area contributed by atoms with Crippen LogP contribution in [-0.2, 0) is 6.18 Å². The van der Waals surface area contributed by atoms with Crippen LogP contribution in [0.4, 0.5) is 30.6 Å². The van der Waals surface area contributed by atoms with Crippen molar-refractivity contribution in [3.05, 3.63) is 41.9 Å². The Bertz CT molecular complexity index is 1410. The Kier molecular flexibility index (Phi) is 4.97. The molecule has 4 heterocycles. The molecule has 4 N–H and O–H groups in total. The maximum Gasteiger partial charge on any atom is 0.449 e. The molecule has 6 rings (SSSR count). The lowest BCUT2D eigenvalue weighted by molar-refractivity contribution is -0.144. The van der Waals surface area contributed by atoms with Crippen LogP contribution in [-0.4, -0.2) is 53.9 Å². The molecule has 13 heteroatoms. The highest BCUT2D eigenvalue weighted by Crippen LogP contribution is 2.46. The van der Waals surface area contributed by atoms with Crippen LogP contribution in [0.15, 0.2) is 40.4 Å². The maximum atomic E-state index is 13.0. The van der Waals surface area contributed by atoms with Gasteiger partial charge in [-0.25, -0.2) is 15.0 Å². The number of benzene rings is 1. The Labute approximate surface area is 201 Å². The SMILES string of the molecule is Cc1cc(Nc2cc(N3CC(O)(C4CC4)C3)nc(Sc3ccc4nc(C(F)(F)F)[nH]c4c3)n2)n[nH]1. The number of H-pyrrole nitrogens is 2. The lowest BCUT2D eigenvalue weighted by Gasteiger charge is -2.47. The Hall–Kier alpha value is -3.32. The second-order valence-electron chi connectivity index (χ2n) is 9.05. The predicted molar refractivity (Wildman–Crippen MR) is 124 cm³/mol. The van der Waals surface area contributed by atoms with Crippen molar-refractivity contribution < 1.29 is 18.3 Å². The first-order chi connectivity index (χ1) is 16.6. The first-order valence-electron chi connectivity index (χ1n) is 11.0. The number of aromatic amines is 2. The van der Waals surface area contributed by atoms with E-state index in [-0.39, 0.29) is 11.0 Å². The Morgan fingerprint density at radius 2 is 1.91 bits per heavy atom. The smallest absolute Gasteiger partial charge is 0.386 e. The fraction of sp³-hybridized carbons (Fsp3) is 0.364. The normalized spacial score (nSPS) is 17.6. The van der Waals surface area contributed by atoms with Crippen molar-refractivity contribution in [3.8, 4) is 0 Å². The summed E-state index contributed by atoms with van der Waals surface area (Å²) in [7, 11) is 0. The lowest BCUT2D eigenvalue weighted by atomic mass is 9.89. The van der Waals surface area contributed by atoms with Crippen molar-refractivity contribution >= 4 is 40.2 Å². The fourth-order valence-corrected chi connectivity index (χ4v) is 5.05. The molecule has 0 bridgehead atoms. The van der Waals surface area contributed by atoms with Gasteiger partial charge in [-0.2, -0.15) is 18.3 Å². The Morgan fingerprint density at radius 1 is 1.11 bits per heavy atom. The van der Waals surface area contributed by atoms with E-state index in [4.69, 9.17) is 0 Å². The zero-order chi connectivity index (χ0) is 24.4. The summed E-state index contributed by atoms with van der Waals surface area (Å²) in [5.41, 5.74) is 0.723. The summed E-state index contributed by atoms with van der Waals surface area (Å²) in [6.45, 7) is 2.89. The number of rotatable bonds is 6. The van der Waals surface area contributed by atoms with Gasteiger partial charge in [-0.1, -0.05) is 0 Å². The van der Waals surface area contributed by atoms with Crippen LogP contribution in [0, 0.1) is 12.8 Å². The number of aromatic nitrogens is 6. The minimum Gasteiger partial charge on any atom is -0.386 e. The molecule has 1 aliphatic carbocycles. The number of alkyl halides is 3. The minimum atomic E-state index is -4.55. The molecule has 2 aliphatic rings. The molecule has 1 saturated carbocycles. The second-order valence-corrected chi connectivity index (χ2v) is 10.1. The van der Waals surface area contributed by atoms with Crippen LogP contribution in [0.25, 0.3) is 11.0 Å². The van der Waals surface area contributed by atoms with Gasteiger partial charge in [0, 0.05) is 22.7 Å². The van der Waals surface area contributed by atoms with Gasteiger partial charge < -0.3 is 20.3 Å². The number of nitrogens with zero attached hydrogens (tertiary/aromatic N) is 5. The number of anilines is 3. The van der Waals surface area contributed by atoms with E-state index in [1.165, 1.54) is 17.8 Å². The molecule has 35 heavy (non-hydrogen) atoms. The molecule has 0 spiro atoms. The van der Waals surface area contributed by atoms with Gasteiger partial charge in [0.1, 0.15) is 17.2 Å². The summed E-state index contributed by atoms with van der Waals surface area (Å²) in [6, 6.07) is 8.45. The molecule has 1 aliphatic heterocycles. The van der Waals surface area contributed by atoms with Gasteiger partial charge in [0.15, 0.2) is 11.0 Å². The largest absolute Gasteiger partial charge is 0.449 e. The zero-order valence-corrected chi connectivity index (χ0v) is 19.3. The van der Waals surface area contributed by atoms with Crippen molar-refractivity contribution in [1.82, 2.24) is 30.1 Å². The summed E-state index contributed by atoms with van der Waals surface area (Å²) in [4.78, 5) is 17.8. The van der Waals surface area contributed by atoms with Gasteiger partial charge in [-0.05, 0) is 55.6 Å². The summed E-state index contributed by atoms with van der Waals surface area (Å²) in [5.74, 6) is 1.09. The monoisotopic (exact) mass is 502 g/mol. The summed E-state index contributed by atoms with van der Waals surface area (Å²) < 4.78 is 39.0. The van der Waals surface area contributed by atoms with Crippen molar-refractivity contribution in [1.29, 1.82) is 0 Å². The minimum absolute atomic E-state index is 0.229. The van der Waals surface area contributed by atoms with Crippen molar-refractivity contribution in [2.45, 2.75) is 41.6 Å². The van der Waals surface area contributed by atoms with Crippen molar-refractivity contribution in [2.24, 2.45) is 5.92 Å². The van der Waals surface area contributed by atoms with E-state index in [0.29, 0.717) is 46.5 Å². The molecule has 2 fully saturated rings. The highest BCUT2D eigenvalue weighted by molar-refractivity contribution is 7.99. The highest BCUT2D eigenvalue weighted by Gasteiger charge is 2.52. The molecule has 3 aromatic heterocycles. The number of hydrogen-bond acceptors (Lipinski definition) is 8. The molecule has 0 atom stereocenters. The standard InChI is InChI=1S/C22H21F3N8OS/c1-11-6-17(32-31-11)28-16-8-18(33-9-21(34,10-33)12-2-3-12)30-20(29-16)35-13-4-5-14-15(7-13)27-19(26-14)22(23,24)25/h4-8,12,34H,2-3,9-10H2,1H3,(H,26,27)(H2,28,29,30,31,32). The molecule has 9 nitrogen and oxygen atoms in total. The van der Waals surface area contributed by atoms with Crippen molar-refractivity contribution in [2.75, 3.05) is 23.3 Å². The number of fused-ring (bicyclic) bond motifs is 1. The van der Waals surface area contributed by atoms with E-state index in [1.807, 2.05) is 17.9 Å². The predicted octanol–water partition coefficient (Wildman–Crippen LogP) is 4.26. The molecule has 0 amide bonds. The number of aryl methyl sites for hydroxylation is 1. The van der Waals surface area contributed by atoms with Gasteiger partial charge in [0.05, 0.1) is 24.1 Å². The average molecular weight is 503 g/mol. The number of aliphatic hydroxyl groups is 1. The lowest BCUT2D eigenvalue weighted by Crippen LogP contribution is -2.63. The van der Waals surface area contributed by atoms with Crippen LogP contribution in [0.3, 0.4) is 0 Å². The number of β-amino-alcohol motifs (C(OH)–C–C–N with tert-alkyl or cyclic N) is 1. The van der Waals surface area contributed by atoms with Crippen LogP contribution in [0.2, 0.25) is 0 Å². The number of hydrogen-bond donors (Lipinski definition) is 4. The zero-order valence-electron chi connectivity index (χ0n) is 18.5. The van der Waals surface area contributed by atoms with Gasteiger partial charge in [0.25, 0.3) is 0 Å². The van der Waals surface area contributed by atoms with E-state index in [0.717, 1.165) is 18.5 Å². The Morgan fingerprint density at radius 3 is 2.60 bits per heavy atom. The third kappa shape index (κ3) is 4.41. The van der Waals surface area contributed by atoms with E-state index >= 15 is 0 Å². The van der Waals surface area contributed by atoms with Gasteiger partial charge in [-0.15, -0.1) is 0 Å². The van der Waals surface area contributed by atoms with Crippen LogP contribution >= 0.6 is 11.8 Å². The van der Waals surface area contributed by atoms with E-state index < -0.39 is 17.6 Å². The highest BCUT2D eigenvalue weighted by atomic mass is 32.2. The van der Waals surface area contributed by atoms with E-state index in [9.17, 15) is 18.3 Å². The number of nitrogens with one attached hydrogen (secondary N) is 3. The van der Waals surface area contributed by atoms with Crippen LogP contribution in [0.5, 0.6) is 0 Å². The van der Waals surface area contributed by atoms with E-state index in [1.54, 1.807) is 18.2 Å². The van der Waals surface area contributed by atoms with Gasteiger partial charge in [-0.3, -0.25) is 5.10 Å². The van der Waals surface area contributed by atoms with Gasteiger partial charge in [0.2, 0.25) is 5.82 Å². The summed E-state index contributed by atoms with van der Waals surface area (Å²) in [5, 5.41) is 21.4. The molecule has 1 saturated heterocycles. The summed E-state index contributed by atoms with van der Waals surface area (Å²) in [6.07, 6.45) is -2.45. The van der Waals surface area contributed by atoms with E-state index in [2.05, 4.69) is 35.5 Å². The molecule has 4 aromatic rings. The third-order valence-corrected chi connectivity index (χ3v) is 7.03. The molecule has 1 aromatic carbocycles. The molecule has 0 unspecified atom stereocenters. The maximum absolute atomic E-state index is 13.0. The number of halogens is 3. The van der Waals surface area contributed by atoms with Gasteiger partial charge >= 0.3 is 6.18 Å². The Balaban J connectivity index is 1.29. The fourth-order valence-electron chi connectivity index (χ4n) is 4.25. The van der Waals surface area contributed by atoms with Crippen LogP contribution < -0.4 is 10.2 Å². The van der Waals surface area contributed by atoms with Crippen molar-refractivity contribution in [3.63, 3.8) is 0 Å². The first kappa shape index (κ1) is 22.2. The number of imidazole rings is 1. The average Bonchev–Trinajstić information content (AvgIpc) is 3.41. The molecular weight excluding hydrogens is 481 g/mol. The topological polar surface area (TPSA) is 119 Å². The second kappa shape index (κ2) is 7.85. The quantitative estimate of drug-likeness (QED) is 0.289.